The molecule has 1 aliphatic rings. The summed E-state index contributed by atoms with van der Waals surface area (Å²) in [6, 6.07) is 0.393. The highest BCUT2D eigenvalue weighted by atomic mass is 16.5. The Morgan fingerprint density at radius 2 is 1.94 bits per heavy atom. The second-order valence-corrected chi connectivity index (χ2v) is 5.21. The highest BCUT2D eigenvalue weighted by molar-refractivity contribution is 5.75. The lowest BCUT2D eigenvalue weighted by Gasteiger charge is -2.28. The first kappa shape index (κ1) is 13.5. The van der Waals surface area contributed by atoms with E-state index in [1.165, 1.54) is 39.2 Å². The molecule has 1 aliphatic carbocycles. The van der Waals surface area contributed by atoms with Gasteiger partial charge < -0.3 is 10.1 Å². The van der Waals surface area contributed by atoms with Crippen LogP contribution in [0.1, 0.15) is 52.4 Å². The highest BCUT2D eigenvalue weighted by Crippen LogP contribution is 2.19. The summed E-state index contributed by atoms with van der Waals surface area (Å²) in [4.78, 5) is 11.6. The van der Waals surface area contributed by atoms with Crippen LogP contribution in [0.15, 0.2) is 0 Å². The molecule has 94 valence electrons. The molecule has 0 amide bonds. The average Bonchev–Trinajstić information content (AvgIpc) is 2.28. The molecule has 0 heterocycles. The van der Waals surface area contributed by atoms with Crippen molar-refractivity contribution in [2.45, 2.75) is 64.5 Å². The van der Waals surface area contributed by atoms with Crippen molar-refractivity contribution in [3.05, 3.63) is 0 Å². The third kappa shape index (κ3) is 4.52. The highest BCUT2D eigenvalue weighted by Gasteiger charge is 2.24. The van der Waals surface area contributed by atoms with E-state index in [4.69, 9.17) is 4.74 Å². The van der Waals surface area contributed by atoms with Gasteiger partial charge >= 0.3 is 5.97 Å². The van der Waals surface area contributed by atoms with E-state index in [9.17, 15) is 4.79 Å². The molecule has 3 nitrogen and oxygen atoms in total. The second kappa shape index (κ2) is 6.89. The van der Waals surface area contributed by atoms with E-state index in [0.29, 0.717) is 12.0 Å². The van der Waals surface area contributed by atoms with Crippen molar-refractivity contribution in [1.82, 2.24) is 5.32 Å². The maximum absolute atomic E-state index is 11.6. The molecule has 1 rings (SSSR count). The zero-order chi connectivity index (χ0) is 12.0. The van der Waals surface area contributed by atoms with Gasteiger partial charge in [0.1, 0.15) is 6.04 Å². The minimum absolute atomic E-state index is 0.112. The summed E-state index contributed by atoms with van der Waals surface area (Å²) in [5.41, 5.74) is 0. The van der Waals surface area contributed by atoms with Crippen LogP contribution in [0.3, 0.4) is 0 Å². The second-order valence-electron chi connectivity index (χ2n) is 5.21. The van der Waals surface area contributed by atoms with Gasteiger partial charge in [0.15, 0.2) is 0 Å². The van der Waals surface area contributed by atoms with Crippen LogP contribution in [-0.2, 0) is 9.53 Å². The molecule has 0 aromatic heterocycles. The van der Waals surface area contributed by atoms with Crippen LogP contribution >= 0.6 is 0 Å². The van der Waals surface area contributed by atoms with Gasteiger partial charge in [0.2, 0.25) is 0 Å². The maximum atomic E-state index is 11.6. The van der Waals surface area contributed by atoms with Gasteiger partial charge in [-0.2, -0.15) is 0 Å². The Bertz CT molecular complexity index is 210. The summed E-state index contributed by atoms with van der Waals surface area (Å²) < 4.78 is 4.85. The molecular weight excluding hydrogens is 202 g/mol. The fraction of sp³-hybridized carbons (Fsp3) is 0.923. The van der Waals surface area contributed by atoms with Gasteiger partial charge in [-0.25, -0.2) is 0 Å². The molecule has 1 N–H and O–H groups in total. The van der Waals surface area contributed by atoms with Gasteiger partial charge in [-0.3, -0.25) is 4.79 Å². The largest absolute Gasteiger partial charge is 0.468 e. The minimum Gasteiger partial charge on any atom is -0.468 e. The predicted octanol–water partition coefficient (Wildman–Crippen LogP) is 2.50. The SMILES string of the molecule is COC(=O)[C@H](CC(C)C)NC1CCCCC1. The average molecular weight is 227 g/mol. The van der Waals surface area contributed by atoms with Crippen LogP contribution in [0.5, 0.6) is 0 Å². The summed E-state index contributed by atoms with van der Waals surface area (Å²) in [5, 5.41) is 3.46. The molecule has 0 bridgehead atoms. The van der Waals surface area contributed by atoms with E-state index in [1.54, 1.807) is 0 Å². The normalized spacial score (nSPS) is 19.8. The number of esters is 1. The molecule has 0 spiro atoms. The van der Waals surface area contributed by atoms with Crippen molar-refractivity contribution in [2.75, 3.05) is 7.11 Å². The number of carbonyl (C=O) groups excluding carboxylic acids is 1. The van der Waals surface area contributed by atoms with Crippen molar-refractivity contribution >= 4 is 5.97 Å². The van der Waals surface area contributed by atoms with Crippen molar-refractivity contribution in [1.29, 1.82) is 0 Å². The summed E-state index contributed by atoms with van der Waals surface area (Å²) in [7, 11) is 1.47. The Kier molecular flexibility index (Phi) is 5.81. The van der Waals surface area contributed by atoms with Crippen LogP contribution in [-0.4, -0.2) is 25.2 Å². The number of carbonyl (C=O) groups is 1. The fourth-order valence-electron chi connectivity index (χ4n) is 2.40. The lowest BCUT2D eigenvalue weighted by molar-refractivity contribution is -0.143. The van der Waals surface area contributed by atoms with Crippen LogP contribution in [0.25, 0.3) is 0 Å². The third-order valence-electron chi connectivity index (χ3n) is 3.23. The van der Waals surface area contributed by atoms with E-state index >= 15 is 0 Å². The smallest absolute Gasteiger partial charge is 0.322 e. The van der Waals surface area contributed by atoms with Crippen molar-refractivity contribution in [2.24, 2.45) is 5.92 Å². The first-order chi connectivity index (χ1) is 7.63. The molecule has 0 aliphatic heterocycles. The number of hydrogen-bond donors (Lipinski definition) is 1. The number of hydrogen-bond acceptors (Lipinski definition) is 3. The molecule has 16 heavy (non-hydrogen) atoms. The lowest BCUT2D eigenvalue weighted by Crippen LogP contribution is -2.45. The van der Waals surface area contributed by atoms with E-state index in [1.807, 2.05) is 0 Å². The summed E-state index contributed by atoms with van der Waals surface area (Å²) >= 11 is 0. The Hall–Kier alpha value is -0.570. The monoisotopic (exact) mass is 227 g/mol. The van der Waals surface area contributed by atoms with E-state index in [2.05, 4.69) is 19.2 Å². The van der Waals surface area contributed by atoms with Crippen molar-refractivity contribution < 1.29 is 9.53 Å². The summed E-state index contributed by atoms with van der Waals surface area (Å²) in [6.07, 6.45) is 7.17. The molecule has 0 saturated heterocycles. The first-order valence-corrected chi connectivity index (χ1v) is 6.47. The molecule has 0 aromatic carbocycles. The molecule has 3 heteroatoms. The van der Waals surface area contributed by atoms with E-state index in [0.717, 1.165) is 6.42 Å². The Morgan fingerprint density at radius 1 is 1.31 bits per heavy atom. The fourth-order valence-corrected chi connectivity index (χ4v) is 2.40. The lowest BCUT2D eigenvalue weighted by atomic mass is 9.93. The van der Waals surface area contributed by atoms with Crippen LogP contribution in [0, 0.1) is 5.92 Å². The van der Waals surface area contributed by atoms with Crippen LogP contribution in [0.4, 0.5) is 0 Å². The van der Waals surface area contributed by atoms with Gasteiger partial charge in [-0.15, -0.1) is 0 Å². The van der Waals surface area contributed by atoms with E-state index < -0.39 is 0 Å². The van der Waals surface area contributed by atoms with Gasteiger partial charge in [0.05, 0.1) is 7.11 Å². The standard InChI is InChI=1S/C13H25NO2/c1-10(2)9-12(13(15)16-3)14-11-7-5-4-6-8-11/h10-12,14H,4-9H2,1-3H3/t12-/m0/s1. The third-order valence-corrected chi connectivity index (χ3v) is 3.23. The number of rotatable bonds is 5. The van der Waals surface area contributed by atoms with Gasteiger partial charge in [-0.1, -0.05) is 33.1 Å². The number of nitrogens with one attached hydrogen (secondary N) is 1. The van der Waals surface area contributed by atoms with Gasteiger partial charge in [-0.05, 0) is 25.2 Å². The van der Waals surface area contributed by atoms with Crippen molar-refractivity contribution in [3.63, 3.8) is 0 Å². The predicted molar refractivity (Wildman–Crippen MR) is 65.3 cm³/mol. The number of ether oxygens (including phenoxy) is 1. The zero-order valence-electron chi connectivity index (χ0n) is 10.8. The minimum atomic E-state index is -0.118. The molecule has 0 unspecified atom stereocenters. The molecule has 0 radical (unpaired) electrons. The van der Waals surface area contributed by atoms with Crippen LogP contribution < -0.4 is 5.32 Å². The summed E-state index contributed by atoms with van der Waals surface area (Å²) in [6.45, 7) is 4.27. The Labute approximate surface area is 98.9 Å². The van der Waals surface area contributed by atoms with Gasteiger partial charge in [0.25, 0.3) is 0 Å². The molecule has 1 saturated carbocycles. The quantitative estimate of drug-likeness (QED) is 0.733. The topological polar surface area (TPSA) is 38.3 Å². The molecule has 0 aromatic rings. The van der Waals surface area contributed by atoms with Crippen molar-refractivity contribution in [3.8, 4) is 0 Å². The van der Waals surface area contributed by atoms with E-state index in [-0.39, 0.29) is 12.0 Å². The Balaban J connectivity index is 2.44. The Morgan fingerprint density at radius 3 is 2.44 bits per heavy atom. The first-order valence-electron chi connectivity index (χ1n) is 6.47. The molecular formula is C13H25NO2. The maximum Gasteiger partial charge on any atom is 0.322 e. The van der Waals surface area contributed by atoms with Gasteiger partial charge in [0, 0.05) is 6.04 Å². The molecule has 1 atom stereocenters. The summed E-state index contributed by atoms with van der Waals surface area (Å²) in [5.74, 6) is 0.402. The number of methoxy groups -OCH3 is 1. The van der Waals surface area contributed by atoms with Crippen LogP contribution in [0.2, 0.25) is 0 Å². The molecule has 1 fully saturated rings. The zero-order valence-corrected chi connectivity index (χ0v) is 10.8.